The summed E-state index contributed by atoms with van der Waals surface area (Å²) in [7, 11) is 3.55. The molecule has 0 aliphatic carbocycles. The van der Waals surface area contributed by atoms with Crippen molar-refractivity contribution >= 4 is 0 Å². The van der Waals surface area contributed by atoms with Gasteiger partial charge in [0.25, 0.3) is 0 Å². The number of benzene rings is 1. The number of hydrogen-bond acceptors (Lipinski definition) is 3. The summed E-state index contributed by atoms with van der Waals surface area (Å²) < 4.78 is 7.04. The van der Waals surface area contributed by atoms with Gasteiger partial charge in [0, 0.05) is 13.5 Å². The summed E-state index contributed by atoms with van der Waals surface area (Å²) in [5, 5.41) is 10.3. The van der Waals surface area contributed by atoms with Crippen molar-refractivity contribution in [2.45, 2.75) is 19.4 Å². The quantitative estimate of drug-likeness (QED) is 0.898. The molecule has 0 unspecified atom stereocenters. The minimum atomic E-state index is -0.659. The van der Waals surface area contributed by atoms with E-state index in [0.717, 1.165) is 29.3 Å². The normalized spacial score (nSPS) is 12.4. The number of aromatic nitrogens is 2. The van der Waals surface area contributed by atoms with Gasteiger partial charge < -0.3 is 14.4 Å². The van der Waals surface area contributed by atoms with Crippen LogP contribution in [0, 0.1) is 0 Å². The Labute approximate surface area is 107 Å². The number of methoxy groups -OCH3 is 1. The smallest absolute Gasteiger partial charge is 0.121 e. The molecule has 96 valence electrons. The van der Waals surface area contributed by atoms with Gasteiger partial charge in [0.2, 0.25) is 0 Å². The fourth-order valence-corrected chi connectivity index (χ4v) is 2.00. The first-order valence-corrected chi connectivity index (χ1v) is 5.99. The van der Waals surface area contributed by atoms with E-state index in [0.29, 0.717) is 0 Å². The predicted octanol–water partition coefficient (Wildman–Crippen LogP) is 2.07. The van der Waals surface area contributed by atoms with Crippen molar-refractivity contribution < 1.29 is 9.84 Å². The molecule has 0 amide bonds. The summed E-state index contributed by atoms with van der Waals surface area (Å²) in [5.74, 6) is 1.75. The second kappa shape index (κ2) is 5.23. The molecule has 2 aromatic rings. The summed E-state index contributed by atoms with van der Waals surface area (Å²) in [6.45, 7) is 2.05. The molecule has 0 saturated heterocycles. The highest BCUT2D eigenvalue weighted by atomic mass is 16.5. The fraction of sp³-hybridized carbons (Fsp3) is 0.357. The van der Waals surface area contributed by atoms with E-state index in [1.54, 1.807) is 13.3 Å². The van der Waals surface area contributed by atoms with Gasteiger partial charge in [-0.15, -0.1) is 0 Å². The molecule has 1 N–H and O–H groups in total. The van der Waals surface area contributed by atoms with Gasteiger partial charge in [-0.1, -0.05) is 19.1 Å². The Morgan fingerprint density at radius 1 is 1.33 bits per heavy atom. The molecule has 0 radical (unpaired) electrons. The lowest BCUT2D eigenvalue weighted by molar-refractivity contribution is 0.211. The van der Waals surface area contributed by atoms with Crippen LogP contribution in [0.1, 0.15) is 30.1 Å². The van der Waals surface area contributed by atoms with Gasteiger partial charge in [-0.2, -0.15) is 0 Å². The molecule has 2 rings (SSSR count). The standard InChI is InChI=1S/C14H18N2O2/c1-4-13-15-9-12(16(13)2)14(17)10-5-7-11(18-3)8-6-10/h5-9,14,17H,4H2,1-3H3/t14-/m1/s1. The van der Waals surface area contributed by atoms with Crippen LogP contribution in [0.2, 0.25) is 0 Å². The topological polar surface area (TPSA) is 47.3 Å². The van der Waals surface area contributed by atoms with Crippen molar-refractivity contribution in [1.82, 2.24) is 9.55 Å². The molecule has 4 nitrogen and oxygen atoms in total. The van der Waals surface area contributed by atoms with E-state index in [1.807, 2.05) is 42.8 Å². The average Bonchev–Trinajstić information content (AvgIpc) is 2.79. The van der Waals surface area contributed by atoms with Gasteiger partial charge in [0.15, 0.2) is 0 Å². The number of aliphatic hydroxyl groups excluding tert-OH is 1. The lowest BCUT2D eigenvalue weighted by Gasteiger charge is -2.13. The molecule has 1 atom stereocenters. The van der Waals surface area contributed by atoms with Gasteiger partial charge in [-0.25, -0.2) is 4.98 Å². The molecule has 18 heavy (non-hydrogen) atoms. The molecular weight excluding hydrogens is 228 g/mol. The minimum absolute atomic E-state index is 0.659. The summed E-state index contributed by atoms with van der Waals surface area (Å²) in [6, 6.07) is 7.41. The van der Waals surface area contributed by atoms with E-state index in [2.05, 4.69) is 4.98 Å². The monoisotopic (exact) mass is 246 g/mol. The Balaban J connectivity index is 2.29. The molecular formula is C14H18N2O2. The highest BCUT2D eigenvalue weighted by Crippen LogP contribution is 2.24. The van der Waals surface area contributed by atoms with Crippen LogP contribution in [0.3, 0.4) is 0 Å². The van der Waals surface area contributed by atoms with Gasteiger partial charge >= 0.3 is 0 Å². The van der Waals surface area contributed by atoms with Crippen molar-refractivity contribution in [2.75, 3.05) is 7.11 Å². The molecule has 0 aliphatic rings. The third-order valence-corrected chi connectivity index (χ3v) is 3.15. The van der Waals surface area contributed by atoms with Gasteiger partial charge in [0.05, 0.1) is 19.0 Å². The summed E-state index contributed by atoms with van der Waals surface area (Å²) in [4.78, 5) is 4.29. The highest BCUT2D eigenvalue weighted by Gasteiger charge is 2.16. The maximum Gasteiger partial charge on any atom is 0.121 e. The first-order chi connectivity index (χ1) is 8.67. The van der Waals surface area contributed by atoms with Crippen molar-refractivity contribution in [2.24, 2.45) is 7.05 Å². The molecule has 0 fully saturated rings. The predicted molar refractivity (Wildman–Crippen MR) is 69.6 cm³/mol. The Bertz CT molecular complexity index is 517. The molecule has 0 aliphatic heterocycles. The van der Waals surface area contributed by atoms with E-state index >= 15 is 0 Å². The Kier molecular flexibility index (Phi) is 3.67. The number of imidazole rings is 1. The molecule has 1 heterocycles. The molecule has 1 aromatic heterocycles. The van der Waals surface area contributed by atoms with Gasteiger partial charge in [-0.3, -0.25) is 0 Å². The number of rotatable bonds is 4. The largest absolute Gasteiger partial charge is 0.497 e. The number of nitrogens with zero attached hydrogens (tertiary/aromatic N) is 2. The zero-order valence-electron chi connectivity index (χ0n) is 10.9. The lowest BCUT2D eigenvalue weighted by Crippen LogP contribution is -2.07. The van der Waals surface area contributed by atoms with E-state index < -0.39 is 6.10 Å². The SMILES string of the molecule is CCc1ncc([C@H](O)c2ccc(OC)cc2)n1C. The maximum absolute atomic E-state index is 10.3. The summed E-state index contributed by atoms with van der Waals surface area (Å²) >= 11 is 0. The Morgan fingerprint density at radius 2 is 2.00 bits per heavy atom. The highest BCUT2D eigenvalue weighted by molar-refractivity contribution is 5.32. The Morgan fingerprint density at radius 3 is 2.50 bits per heavy atom. The zero-order chi connectivity index (χ0) is 13.1. The van der Waals surface area contributed by atoms with Crippen LogP contribution in [0.4, 0.5) is 0 Å². The molecule has 0 bridgehead atoms. The van der Waals surface area contributed by atoms with Crippen LogP contribution in [-0.4, -0.2) is 21.8 Å². The number of aryl methyl sites for hydroxylation is 1. The van der Waals surface area contributed by atoms with Crippen molar-refractivity contribution in [3.8, 4) is 5.75 Å². The Hall–Kier alpha value is -1.81. The average molecular weight is 246 g/mol. The van der Waals surface area contributed by atoms with Crippen molar-refractivity contribution in [1.29, 1.82) is 0 Å². The maximum atomic E-state index is 10.3. The molecule has 0 spiro atoms. The zero-order valence-corrected chi connectivity index (χ0v) is 10.9. The summed E-state index contributed by atoms with van der Waals surface area (Å²) in [6.07, 6.45) is 1.92. The van der Waals surface area contributed by atoms with E-state index in [-0.39, 0.29) is 0 Å². The van der Waals surface area contributed by atoms with Crippen LogP contribution in [0.25, 0.3) is 0 Å². The lowest BCUT2D eigenvalue weighted by atomic mass is 10.1. The van der Waals surface area contributed by atoms with Crippen LogP contribution in [-0.2, 0) is 13.5 Å². The molecule has 1 aromatic carbocycles. The number of hydrogen-bond donors (Lipinski definition) is 1. The second-order valence-corrected chi connectivity index (χ2v) is 4.19. The second-order valence-electron chi connectivity index (χ2n) is 4.19. The number of ether oxygens (including phenoxy) is 1. The van der Waals surface area contributed by atoms with E-state index in [4.69, 9.17) is 4.74 Å². The van der Waals surface area contributed by atoms with Crippen molar-refractivity contribution in [3.63, 3.8) is 0 Å². The third kappa shape index (κ3) is 2.24. The molecule has 0 saturated carbocycles. The minimum Gasteiger partial charge on any atom is -0.497 e. The van der Waals surface area contributed by atoms with Crippen LogP contribution in [0.15, 0.2) is 30.5 Å². The van der Waals surface area contributed by atoms with E-state index in [9.17, 15) is 5.11 Å². The third-order valence-electron chi connectivity index (χ3n) is 3.15. The molecule has 4 heteroatoms. The van der Waals surface area contributed by atoms with Crippen LogP contribution in [0.5, 0.6) is 5.75 Å². The summed E-state index contributed by atoms with van der Waals surface area (Å²) in [5.41, 5.74) is 1.64. The first-order valence-electron chi connectivity index (χ1n) is 5.99. The first kappa shape index (κ1) is 12.6. The van der Waals surface area contributed by atoms with Gasteiger partial charge in [0.1, 0.15) is 17.7 Å². The van der Waals surface area contributed by atoms with Gasteiger partial charge in [-0.05, 0) is 17.7 Å². The van der Waals surface area contributed by atoms with Crippen LogP contribution < -0.4 is 4.74 Å². The van der Waals surface area contributed by atoms with Crippen LogP contribution >= 0.6 is 0 Å². The fourth-order valence-electron chi connectivity index (χ4n) is 2.00. The van der Waals surface area contributed by atoms with E-state index in [1.165, 1.54) is 0 Å². The number of aliphatic hydroxyl groups is 1. The van der Waals surface area contributed by atoms with Crippen molar-refractivity contribution in [3.05, 3.63) is 47.5 Å².